The fraction of sp³-hybridized carbons (Fsp3) is 0.538. The second-order valence-corrected chi connectivity index (χ2v) is 5.44. The van der Waals surface area contributed by atoms with Crippen LogP contribution in [0.3, 0.4) is 0 Å². The van der Waals surface area contributed by atoms with E-state index in [4.69, 9.17) is 0 Å². The molecule has 1 aromatic carbocycles. The molecule has 0 saturated carbocycles. The van der Waals surface area contributed by atoms with Gasteiger partial charge in [-0.05, 0) is 35.9 Å². The maximum absolute atomic E-state index is 13.0. The van der Waals surface area contributed by atoms with Gasteiger partial charge in [-0.1, -0.05) is 26.0 Å². The molecule has 1 nitrogen and oxygen atoms in total. The van der Waals surface area contributed by atoms with Gasteiger partial charge in [-0.15, -0.1) is 0 Å². The summed E-state index contributed by atoms with van der Waals surface area (Å²) < 4.78 is 13.0. The monoisotopic (exact) mass is 241 g/mol. The average Bonchev–Trinajstić information content (AvgIpc) is 2.16. The highest BCUT2D eigenvalue weighted by atomic mass is 32.1. The normalized spacial score (nSPS) is 12.1. The van der Waals surface area contributed by atoms with Crippen molar-refractivity contribution in [3.05, 3.63) is 35.6 Å². The Morgan fingerprint density at radius 3 is 2.62 bits per heavy atom. The first kappa shape index (κ1) is 13.5. The van der Waals surface area contributed by atoms with Crippen molar-refractivity contribution in [3.63, 3.8) is 0 Å². The first-order valence-corrected chi connectivity index (χ1v) is 6.10. The summed E-state index contributed by atoms with van der Waals surface area (Å²) in [6.07, 6.45) is 0. The molecular formula is C13H20FNS. The second-order valence-electron chi connectivity index (χ2n) is 5.12. The van der Waals surface area contributed by atoms with Gasteiger partial charge in [0.15, 0.2) is 0 Å². The van der Waals surface area contributed by atoms with E-state index in [1.54, 1.807) is 12.1 Å². The third-order valence-electron chi connectivity index (χ3n) is 2.47. The maximum atomic E-state index is 13.0. The van der Waals surface area contributed by atoms with Crippen LogP contribution in [0, 0.1) is 11.2 Å². The quantitative estimate of drug-likeness (QED) is 0.775. The number of nitrogens with zero attached hydrogens (tertiary/aromatic N) is 1. The molecule has 3 heteroatoms. The van der Waals surface area contributed by atoms with Crippen molar-refractivity contribution in [1.29, 1.82) is 0 Å². The minimum Gasteiger partial charge on any atom is -0.302 e. The van der Waals surface area contributed by atoms with Crippen LogP contribution in [0.15, 0.2) is 24.3 Å². The van der Waals surface area contributed by atoms with E-state index in [1.165, 1.54) is 6.07 Å². The predicted octanol–water partition coefficient (Wildman–Crippen LogP) is 3.21. The number of hydrogen-bond acceptors (Lipinski definition) is 2. The van der Waals surface area contributed by atoms with Gasteiger partial charge in [-0.3, -0.25) is 0 Å². The highest BCUT2D eigenvalue weighted by Crippen LogP contribution is 2.19. The third kappa shape index (κ3) is 4.54. The Bertz CT molecular complexity index is 338. The Kier molecular flexibility index (Phi) is 4.81. The molecule has 0 aliphatic carbocycles. The van der Waals surface area contributed by atoms with Crippen molar-refractivity contribution in [2.75, 3.05) is 19.3 Å². The van der Waals surface area contributed by atoms with Crippen molar-refractivity contribution < 1.29 is 4.39 Å². The zero-order valence-electron chi connectivity index (χ0n) is 10.2. The summed E-state index contributed by atoms with van der Waals surface area (Å²) in [5.74, 6) is 0.680. The average molecular weight is 241 g/mol. The number of halogens is 1. The molecule has 0 atom stereocenters. The molecule has 0 heterocycles. The minimum atomic E-state index is -0.167. The molecule has 1 rings (SSSR count). The third-order valence-corrected chi connectivity index (χ3v) is 3.32. The summed E-state index contributed by atoms with van der Waals surface area (Å²) in [5, 5.41) is 0. The van der Waals surface area contributed by atoms with Crippen LogP contribution in [0.4, 0.5) is 4.39 Å². The molecule has 16 heavy (non-hydrogen) atoms. The first-order chi connectivity index (χ1) is 7.43. The summed E-state index contributed by atoms with van der Waals surface area (Å²) in [6.45, 7) is 6.09. The van der Waals surface area contributed by atoms with E-state index in [0.717, 1.165) is 24.4 Å². The highest BCUT2D eigenvalue weighted by molar-refractivity contribution is 7.80. The molecule has 0 aliphatic heterocycles. The Morgan fingerprint density at radius 1 is 1.38 bits per heavy atom. The van der Waals surface area contributed by atoms with Gasteiger partial charge in [0.2, 0.25) is 0 Å². The van der Waals surface area contributed by atoms with Crippen molar-refractivity contribution >= 4 is 12.6 Å². The molecule has 0 N–H and O–H groups in total. The van der Waals surface area contributed by atoms with Crippen LogP contribution in [0.25, 0.3) is 0 Å². The van der Waals surface area contributed by atoms with E-state index in [9.17, 15) is 4.39 Å². The van der Waals surface area contributed by atoms with Crippen LogP contribution < -0.4 is 0 Å². The molecule has 0 radical (unpaired) electrons. The van der Waals surface area contributed by atoms with Crippen LogP contribution in [0.1, 0.15) is 19.4 Å². The lowest BCUT2D eigenvalue weighted by atomic mass is 9.95. The van der Waals surface area contributed by atoms with Crippen molar-refractivity contribution in [2.24, 2.45) is 5.41 Å². The lowest BCUT2D eigenvalue weighted by Crippen LogP contribution is -2.32. The Morgan fingerprint density at radius 2 is 2.06 bits per heavy atom. The zero-order valence-corrected chi connectivity index (χ0v) is 11.1. The number of rotatable bonds is 5. The lowest BCUT2D eigenvalue weighted by Gasteiger charge is -2.28. The predicted molar refractivity (Wildman–Crippen MR) is 70.4 cm³/mol. The van der Waals surface area contributed by atoms with E-state index < -0.39 is 0 Å². The Labute approximate surface area is 103 Å². The van der Waals surface area contributed by atoms with E-state index in [-0.39, 0.29) is 11.2 Å². The standard InChI is InChI=1S/C13H20FNS/c1-13(2,10-16)9-15(3)8-11-5-4-6-12(14)7-11/h4-7,16H,8-10H2,1-3H3. The second kappa shape index (κ2) is 5.69. The van der Waals surface area contributed by atoms with Crippen molar-refractivity contribution in [2.45, 2.75) is 20.4 Å². The van der Waals surface area contributed by atoms with E-state index in [2.05, 4.69) is 38.4 Å². The van der Waals surface area contributed by atoms with Crippen molar-refractivity contribution in [1.82, 2.24) is 4.90 Å². The smallest absolute Gasteiger partial charge is 0.123 e. The lowest BCUT2D eigenvalue weighted by molar-refractivity contribution is 0.225. The molecule has 0 unspecified atom stereocenters. The highest BCUT2D eigenvalue weighted by Gasteiger charge is 2.18. The van der Waals surface area contributed by atoms with Crippen molar-refractivity contribution in [3.8, 4) is 0 Å². The van der Waals surface area contributed by atoms with Gasteiger partial charge in [0.25, 0.3) is 0 Å². The van der Waals surface area contributed by atoms with Gasteiger partial charge in [0, 0.05) is 13.1 Å². The molecule has 1 aromatic rings. The van der Waals surface area contributed by atoms with Crippen LogP contribution in [0.5, 0.6) is 0 Å². The van der Waals surface area contributed by atoms with E-state index >= 15 is 0 Å². The van der Waals surface area contributed by atoms with Gasteiger partial charge in [-0.25, -0.2) is 4.39 Å². The van der Waals surface area contributed by atoms with E-state index in [0.29, 0.717) is 0 Å². The van der Waals surface area contributed by atoms with Gasteiger partial charge in [0.05, 0.1) is 0 Å². The van der Waals surface area contributed by atoms with Crippen LogP contribution >= 0.6 is 12.6 Å². The molecule has 0 fully saturated rings. The zero-order chi connectivity index (χ0) is 12.2. The largest absolute Gasteiger partial charge is 0.302 e. The summed E-state index contributed by atoms with van der Waals surface area (Å²) in [7, 11) is 2.05. The summed E-state index contributed by atoms with van der Waals surface area (Å²) in [5.41, 5.74) is 1.20. The maximum Gasteiger partial charge on any atom is 0.123 e. The van der Waals surface area contributed by atoms with Gasteiger partial charge in [0.1, 0.15) is 5.82 Å². The number of thiol groups is 1. The van der Waals surface area contributed by atoms with E-state index in [1.807, 2.05) is 6.07 Å². The van der Waals surface area contributed by atoms with Gasteiger partial charge < -0.3 is 4.90 Å². The summed E-state index contributed by atoms with van der Waals surface area (Å²) >= 11 is 4.33. The van der Waals surface area contributed by atoms with Crippen LogP contribution in [0.2, 0.25) is 0 Å². The molecule has 0 amide bonds. The minimum absolute atomic E-state index is 0.167. The van der Waals surface area contributed by atoms with Crippen LogP contribution in [-0.2, 0) is 6.54 Å². The molecular weight excluding hydrogens is 221 g/mol. The van der Waals surface area contributed by atoms with Gasteiger partial charge >= 0.3 is 0 Å². The van der Waals surface area contributed by atoms with Gasteiger partial charge in [-0.2, -0.15) is 12.6 Å². The number of benzene rings is 1. The molecule has 0 aliphatic rings. The Balaban J connectivity index is 2.55. The molecule has 0 aromatic heterocycles. The molecule has 90 valence electrons. The van der Waals surface area contributed by atoms with Crippen LogP contribution in [-0.4, -0.2) is 24.2 Å². The SMILES string of the molecule is CN(Cc1cccc(F)c1)CC(C)(C)CS. The summed E-state index contributed by atoms with van der Waals surface area (Å²) in [4.78, 5) is 2.20. The molecule has 0 spiro atoms. The molecule has 0 bridgehead atoms. The topological polar surface area (TPSA) is 3.24 Å². The fourth-order valence-corrected chi connectivity index (χ4v) is 1.88. The number of hydrogen-bond donors (Lipinski definition) is 1. The summed E-state index contributed by atoms with van der Waals surface area (Å²) in [6, 6.07) is 6.76. The fourth-order valence-electron chi connectivity index (χ4n) is 1.78. The molecule has 0 saturated heterocycles. The Hall–Kier alpha value is -0.540. The first-order valence-electron chi connectivity index (χ1n) is 5.47.